The third kappa shape index (κ3) is 2.19. The molecule has 5 rings (SSSR count). The van der Waals surface area contributed by atoms with Crippen molar-refractivity contribution in [3.63, 3.8) is 0 Å². The Hall–Kier alpha value is -2.15. The van der Waals surface area contributed by atoms with Gasteiger partial charge in [-0.25, -0.2) is 0 Å². The number of hydrogen-bond donors (Lipinski definition) is 2. The molecule has 3 aliphatic heterocycles. The summed E-state index contributed by atoms with van der Waals surface area (Å²) in [6.07, 6.45) is 2.48. The molecule has 0 spiro atoms. The van der Waals surface area contributed by atoms with Crippen LogP contribution in [0.3, 0.4) is 0 Å². The topological polar surface area (TPSA) is 85.4 Å². The van der Waals surface area contributed by atoms with E-state index >= 15 is 0 Å². The number of aliphatic hydroxyl groups excluding tert-OH is 1. The molecule has 1 aromatic carbocycles. The third-order valence-electron chi connectivity index (χ3n) is 6.21. The number of aromatic amines is 1. The Bertz CT molecular complexity index is 902. The minimum absolute atomic E-state index is 0.253. The zero-order valence-electron chi connectivity index (χ0n) is 15.1. The van der Waals surface area contributed by atoms with Crippen molar-refractivity contribution in [1.29, 1.82) is 0 Å². The predicted octanol–water partition coefficient (Wildman–Crippen LogP) is 2.37. The van der Waals surface area contributed by atoms with Crippen molar-refractivity contribution in [1.82, 2.24) is 4.98 Å². The highest BCUT2D eigenvalue weighted by Crippen LogP contribution is 2.49. The van der Waals surface area contributed by atoms with Crippen molar-refractivity contribution in [2.24, 2.45) is 5.92 Å². The number of hydroxylamine groups is 3. The second kappa shape index (κ2) is 5.94. The number of allylic oxidation sites excluding steroid dienone is 1. The maximum atomic E-state index is 13.4. The monoisotopic (exact) mass is 356 g/mol. The van der Waals surface area contributed by atoms with Crippen molar-refractivity contribution in [3.05, 3.63) is 52.4 Å². The molecule has 1 unspecified atom stereocenters. The number of benzene rings is 1. The smallest absolute Gasteiger partial charge is 0.320 e. The molecule has 0 radical (unpaired) electrons. The molecule has 0 amide bonds. The SMILES string of the molecule is CC=C1C[N+]2([O-])CC[C@H]1[C@](CO)(C(=O)OC)c1[nH]c3ccccc3c1C2. The van der Waals surface area contributed by atoms with E-state index in [1.807, 2.05) is 37.3 Å². The van der Waals surface area contributed by atoms with Gasteiger partial charge < -0.3 is 24.7 Å². The fourth-order valence-electron chi connectivity index (χ4n) is 4.95. The largest absolute Gasteiger partial charge is 0.632 e. The Morgan fingerprint density at radius 1 is 1.46 bits per heavy atom. The van der Waals surface area contributed by atoms with Crippen LogP contribution in [0.15, 0.2) is 35.9 Å². The Labute approximate surface area is 152 Å². The van der Waals surface area contributed by atoms with Crippen molar-refractivity contribution in [2.75, 3.05) is 26.8 Å². The van der Waals surface area contributed by atoms with Gasteiger partial charge in [0.1, 0.15) is 18.5 Å². The molecule has 4 heterocycles. The van der Waals surface area contributed by atoms with Crippen LogP contribution in [-0.4, -0.2) is 47.5 Å². The average molecular weight is 356 g/mol. The minimum atomic E-state index is -1.21. The number of H-pyrrole nitrogens is 1. The summed E-state index contributed by atoms with van der Waals surface area (Å²) in [4.78, 5) is 16.4. The second-order valence-electron chi connectivity index (χ2n) is 7.45. The van der Waals surface area contributed by atoms with Gasteiger partial charge in [0.05, 0.1) is 20.3 Å². The van der Waals surface area contributed by atoms with E-state index in [4.69, 9.17) is 4.74 Å². The first-order valence-electron chi connectivity index (χ1n) is 9.00. The number of ether oxygens (including phenoxy) is 1. The van der Waals surface area contributed by atoms with Gasteiger partial charge in [-0.15, -0.1) is 0 Å². The lowest BCUT2D eigenvalue weighted by Gasteiger charge is -2.53. The van der Waals surface area contributed by atoms with Crippen molar-refractivity contribution in [3.8, 4) is 0 Å². The Morgan fingerprint density at radius 3 is 2.92 bits per heavy atom. The first kappa shape index (κ1) is 17.3. The summed E-state index contributed by atoms with van der Waals surface area (Å²) >= 11 is 0. The van der Waals surface area contributed by atoms with Gasteiger partial charge in [0, 0.05) is 34.5 Å². The summed E-state index contributed by atoms with van der Waals surface area (Å²) in [5, 5.41) is 24.9. The number of rotatable bonds is 2. The zero-order chi connectivity index (χ0) is 18.5. The van der Waals surface area contributed by atoms with E-state index in [2.05, 4.69) is 4.98 Å². The standard InChI is InChI=1S/C20H24N2O4/c1-3-13-10-22(25)9-8-16(13)20(12-23,19(24)26-2)18-15(11-22)14-6-4-5-7-17(14)21-18/h3-7,16,21,23H,8-12H2,1-2H3/t16-,20+,22?/m1/s1. The van der Waals surface area contributed by atoms with Crippen LogP contribution < -0.4 is 0 Å². The van der Waals surface area contributed by atoms with Crippen LogP contribution in [0.1, 0.15) is 24.6 Å². The van der Waals surface area contributed by atoms with E-state index in [0.717, 1.165) is 22.0 Å². The number of aromatic nitrogens is 1. The molecule has 138 valence electrons. The van der Waals surface area contributed by atoms with Gasteiger partial charge in [0.15, 0.2) is 0 Å². The lowest BCUT2D eigenvalue weighted by molar-refractivity contribution is -0.894. The first-order chi connectivity index (χ1) is 12.5. The van der Waals surface area contributed by atoms with Crippen molar-refractivity contribution < 1.29 is 19.3 Å². The number of hydrogen-bond acceptors (Lipinski definition) is 4. The molecule has 1 aromatic heterocycles. The van der Waals surface area contributed by atoms with Gasteiger partial charge in [-0.05, 0) is 18.6 Å². The third-order valence-corrected chi connectivity index (χ3v) is 6.21. The number of esters is 1. The Kier molecular flexibility index (Phi) is 3.95. The van der Waals surface area contributed by atoms with Gasteiger partial charge >= 0.3 is 5.97 Å². The number of aliphatic hydroxyl groups is 1. The quantitative estimate of drug-likeness (QED) is 0.374. The Morgan fingerprint density at radius 2 is 2.23 bits per heavy atom. The van der Waals surface area contributed by atoms with E-state index in [1.165, 1.54) is 7.11 Å². The van der Waals surface area contributed by atoms with Crippen molar-refractivity contribution >= 4 is 16.9 Å². The molecule has 2 bridgehead atoms. The van der Waals surface area contributed by atoms with Crippen LogP contribution in [0.2, 0.25) is 0 Å². The Balaban J connectivity index is 2.09. The summed E-state index contributed by atoms with van der Waals surface area (Å²) in [7, 11) is 1.35. The maximum absolute atomic E-state index is 13.4. The highest BCUT2D eigenvalue weighted by molar-refractivity contribution is 5.91. The molecule has 1 fully saturated rings. The van der Waals surface area contributed by atoms with Gasteiger partial charge in [0.2, 0.25) is 0 Å². The number of nitrogens with one attached hydrogen (secondary N) is 1. The summed E-state index contributed by atoms with van der Waals surface area (Å²) in [5.41, 5.74) is 2.05. The fourth-order valence-corrected chi connectivity index (χ4v) is 4.95. The number of nitrogens with zero attached hydrogens (tertiary/aromatic N) is 1. The summed E-state index contributed by atoms with van der Waals surface area (Å²) in [5.74, 6) is -0.706. The summed E-state index contributed by atoms with van der Waals surface area (Å²) in [6, 6.07) is 7.73. The van der Waals surface area contributed by atoms with Crippen LogP contribution in [0.5, 0.6) is 0 Å². The number of para-hydroxylation sites is 1. The predicted molar refractivity (Wildman–Crippen MR) is 98.0 cm³/mol. The van der Waals surface area contributed by atoms with Gasteiger partial charge in [-0.3, -0.25) is 4.79 Å². The zero-order valence-corrected chi connectivity index (χ0v) is 15.1. The molecule has 0 saturated carbocycles. The van der Waals surface area contributed by atoms with E-state index in [-0.39, 0.29) is 23.7 Å². The molecule has 2 N–H and O–H groups in total. The highest BCUT2D eigenvalue weighted by Gasteiger charge is 2.56. The average Bonchev–Trinajstić information content (AvgIpc) is 3.00. The molecule has 2 aromatic rings. The molecule has 6 nitrogen and oxygen atoms in total. The van der Waals surface area contributed by atoms with Gasteiger partial charge in [-0.2, -0.15) is 0 Å². The first-order valence-corrected chi connectivity index (χ1v) is 9.00. The van der Waals surface area contributed by atoms with Crippen LogP contribution in [0.25, 0.3) is 10.9 Å². The summed E-state index contributed by atoms with van der Waals surface area (Å²) in [6.45, 7) is 2.59. The van der Waals surface area contributed by atoms with Gasteiger partial charge in [-0.1, -0.05) is 24.3 Å². The van der Waals surface area contributed by atoms with E-state index in [0.29, 0.717) is 25.2 Å². The van der Waals surface area contributed by atoms with Crippen LogP contribution in [0, 0.1) is 11.1 Å². The number of piperidine rings is 1. The molecule has 26 heavy (non-hydrogen) atoms. The lowest BCUT2D eigenvalue weighted by atomic mass is 9.64. The molecular formula is C20H24N2O4. The molecule has 0 aliphatic carbocycles. The molecule has 1 saturated heterocycles. The summed E-state index contributed by atoms with van der Waals surface area (Å²) < 4.78 is 4.85. The van der Waals surface area contributed by atoms with E-state index in [9.17, 15) is 15.1 Å². The van der Waals surface area contributed by atoms with E-state index in [1.54, 1.807) is 0 Å². The van der Waals surface area contributed by atoms with Crippen LogP contribution in [-0.2, 0) is 21.5 Å². The number of quaternary nitrogens is 1. The van der Waals surface area contributed by atoms with Crippen molar-refractivity contribution in [2.45, 2.75) is 25.3 Å². The van der Waals surface area contributed by atoms with E-state index < -0.39 is 11.4 Å². The second-order valence-corrected chi connectivity index (χ2v) is 7.45. The fraction of sp³-hybridized carbons (Fsp3) is 0.450. The molecule has 3 atom stereocenters. The molecular weight excluding hydrogens is 332 g/mol. The van der Waals surface area contributed by atoms with Crippen LogP contribution >= 0.6 is 0 Å². The van der Waals surface area contributed by atoms with Crippen LogP contribution in [0.4, 0.5) is 0 Å². The molecule has 6 heteroatoms. The van der Waals surface area contributed by atoms with Gasteiger partial charge in [0.25, 0.3) is 0 Å². The maximum Gasteiger partial charge on any atom is 0.320 e. The number of carbonyl (C=O) groups excluding carboxylic acids is 1. The normalized spacial score (nSPS) is 32.3. The number of methoxy groups -OCH3 is 1. The lowest BCUT2D eigenvalue weighted by Crippen LogP contribution is -2.59. The number of carbonyl (C=O) groups is 1. The number of fused-ring (bicyclic) bond motifs is 3. The molecule has 3 aliphatic rings. The highest BCUT2D eigenvalue weighted by atomic mass is 16.5. The minimum Gasteiger partial charge on any atom is -0.632 e.